The quantitative estimate of drug-likeness (QED) is 0.689. The molecular weight excluding hydrogens is 300 g/mol. The minimum absolute atomic E-state index is 0.324. The molecule has 4 rings (SSSR count). The molecule has 0 fully saturated rings. The summed E-state index contributed by atoms with van der Waals surface area (Å²) in [7, 11) is 0. The molecule has 1 aliphatic rings. The van der Waals surface area contributed by atoms with Crippen molar-refractivity contribution in [1.82, 2.24) is 4.98 Å². The van der Waals surface area contributed by atoms with Gasteiger partial charge in [-0.1, -0.05) is 35.4 Å². The fourth-order valence-electron chi connectivity index (χ4n) is 3.09. The molecule has 0 aliphatic heterocycles. The summed E-state index contributed by atoms with van der Waals surface area (Å²) in [5, 5.41) is 4.38. The molecule has 2 aromatic carbocycles. The van der Waals surface area contributed by atoms with E-state index in [1.807, 2.05) is 17.6 Å². The van der Waals surface area contributed by atoms with E-state index in [4.69, 9.17) is 11.6 Å². The topological polar surface area (TPSA) is 24.9 Å². The van der Waals surface area contributed by atoms with E-state index in [0.717, 1.165) is 29.1 Å². The average molecular weight is 315 g/mol. The van der Waals surface area contributed by atoms with Crippen molar-refractivity contribution < 1.29 is 0 Å². The zero-order valence-corrected chi connectivity index (χ0v) is 13.3. The Hall–Kier alpha value is -1.58. The summed E-state index contributed by atoms with van der Waals surface area (Å²) >= 11 is 8.05. The molecule has 1 N–H and O–H groups in total. The van der Waals surface area contributed by atoms with E-state index in [-0.39, 0.29) is 0 Å². The van der Waals surface area contributed by atoms with Gasteiger partial charge in [0.2, 0.25) is 0 Å². The number of nitrogens with one attached hydrogen (secondary N) is 1. The predicted octanol–water partition coefficient (Wildman–Crippen LogP) is 5.36. The first kappa shape index (κ1) is 13.1. The molecule has 3 aromatic rings. The highest BCUT2D eigenvalue weighted by Gasteiger charge is 2.24. The molecule has 0 spiro atoms. The van der Waals surface area contributed by atoms with Crippen molar-refractivity contribution in [2.75, 3.05) is 5.32 Å². The molecule has 1 aliphatic carbocycles. The molecule has 0 saturated carbocycles. The number of nitrogens with zero attached hydrogens (tertiary/aromatic N) is 1. The molecule has 106 valence electrons. The lowest BCUT2D eigenvalue weighted by atomic mass is 10.0. The molecule has 0 amide bonds. The predicted molar refractivity (Wildman–Crippen MR) is 90.5 cm³/mol. The van der Waals surface area contributed by atoms with Crippen molar-refractivity contribution in [2.24, 2.45) is 0 Å². The van der Waals surface area contributed by atoms with E-state index >= 15 is 0 Å². The Morgan fingerprint density at radius 2 is 2.19 bits per heavy atom. The second-order valence-corrected chi connectivity index (χ2v) is 6.85. The third-order valence-corrected chi connectivity index (χ3v) is 5.26. The van der Waals surface area contributed by atoms with Gasteiger partial charge in [-0.25, -0.2) is 4.98 Å². The van der Waals surface area contributed by atoms with Crippen LogP contribution in [0.15, 0.2) is 35.8 Å². The number of thiazole rings is 1. The van der Waals surface area contributed by atoms with Crippen LogP contribution in [0.1, 0.15) is 29.2 Å². The number of aryl methyl sites for hydroxylation is 2. The van der Waals surface area contributed by atoms with E-state index in [1.165, 1.54) is 21.4 Å². The van der Waals surface area contributed by atoms with Crippen molar-refractivity contribution in [3.05, 3.63) is 57.6 Å². The molecule has 1 heterocycles. The second-order valence-electron chi connectivity index (χ2n) is 5.56. The standard InChI is InChI=1S/C17H15ClN2S/c1-10-2-3-11-4-6-14(12(11)8-10)20-16-13(18)5-7-15-17(16)19-9-21-15/h2-3,5,7-9,14,20H,4,6H2,1H3. The highest BCUT2D eigenvalue weighted by atomic mass is 35.5. The lowest BCUT2D eigenvalue weighted by Gasteiger charge is -2.17. The maximum atomic E-state index is 6.40. The number of benzene rings is 2. The first-order valence-electron chi connectivity index (χ1n) is 7.10. The van der Waals surface area contributed by atoms with Crippen LogP contribution in [0.4, 0.5) is 5.69 Å². The summed E-state index contributed by atoms with van der Waals surface area (Å²) in [6.45, 7) is 2.14. The van der Waals surface area contributed by atoms with Crippen LogP contribution in [-0.2, 0) is 6.42 Å². The van der Waals surface area contributed by atoms with Gasteiger partial charge < -0.3 is 5.32 Å². The van der Waals surface area contributed by atoms with E-state index < -0.39 is 0 Å². The van der Waals surface area contributed by atoms with Crippen LogP contribution in [-0.4, -0.2) is 4.98 Å². The Balaban J connectivity index is 1.75. The Kier molecular flexibility index (Phi) is 3.12. The van der Waals surface area contributed by atoms with Crippen molar-refractivity contribution in [3.8, 4) is 0 Å². The average Bonchev–Trinajstić information content (AvgIpc) is 3.09. The summed E-state index contributed by atoms with van der Waals surface area (Å²) in [6.07, 6.45) is 2.23. The highest BCUT2D eigenvalue weighted by Crippen LogP contribution is 2.39. The summed E-state index contributed by atoms with van der Waals surface area (Å²) in [6, 6.07) is 11.0. The summed E-state index contributed by atoms with van der Waals surface area (Å²) < 4.78 is 1.17. The van der Waals surface area contributed by atoms with Crippen LogP contribution in [0.25, 0.3) is 10.2 Å². The largest absolute Gasteiger partial charge is 0.375 e. The molecule has 0 saturated heterocycles. The number of anilines is 1. The number of fused-ring (bicyclic) bond motifs is 2. The van der Waals surface area contributed by atoms with Crippen LogP contribution in [0, 0.1) is 6.92 Å². The maximum absolute atomic E-state index is 6.40. The van der Waals surface area contributed by atoms with Gasteiger partial charge in [0, 0.05) is 0 Å². The fraction of sp³-hybridized carbons (Fsp3) is 0.235. The summed E-state index contributed by atoms with van der Waals surface area (Å²) in [5.41, 5.74) is 7.97. The molecule has 1 aromatic heterocycles. The Labute approximate surface area is 132 Å². The first-order chi connectivity index (χ1) is 10.2. The molecule has 4 heteroatoms. The van der Waals surface area contributed by atoms with Crippen molar-refractivity contribution in [2.45, 2.75) is 25.8 Å². The van der Waals surface area contributed by atoms with Crippen LogP contribution < -0.4 is 5.32 Å². The molecule has 1 unspecified atom stereocenters. The van der Waals surface area contributed by atoms with Gasteiger partial charge in [-0.15, -0.1) is 11.3 Å². The minimum Gasteiger partial charge on any atom is -0.375 e. The molecule has 0 radical (unpaired) electrons. The molecule has 2 nitrogen and oxygen atoms in total. The van der Waals surface area contributed by atoms with E-state index in [9.17, 15) is 0 Å². The Morgan fingerprint density at radius 1 is 1.29 bits per heavy atom. The van der Waals surface area contributed by atoms with Crippen LogP contribution in [0.3, 0.4) is 0 Å². The second kappa shape index (κ2) is 5.00. The molecule has 1 atom stereocenters. The van der Waals surface area contributed by atoms with Crippen molar-refractivity contribution >= 4 is 38.8 Å². The summed E-state index contributed by atoms with van der Waals surface area (Å²) in [5.74, 6) is 0. The van der Waals surface area contributed by atoms with Gasteiger partial charge in [-0.2, -0.15) is 0 Å². The van der Waals surface area contributed by atoms with E-state index in [0.29, 0.717) is 6.04 Å². The number of rotatable bonds is 2. The normalized spacial score (nSPS) is 17.1. The van der Waals surface area contributed by atoms with Gasteiger partial charge in [-0.3, -0.25) is 0 Å². The van der Waals surface area contributed by atoms with E-state index in [2.05, 4.69) is 35.4 Å². The van der Waals surface area contributed by atoms with Gasteiger partial charge >= 0.3 is 0 Å². The Bertz CT molecular complexity index is 825. The monoisotopic (exact) mass is 314 g/mol. The number of hydrogen-bond acceptors (Lipinski definition) is 3. The van der Waals surface area contributed by atoms with Gasteiger partial charge in [0.25, 0.3) is 0 Å². The third-order valence-electron chi connectivity index (χ3n) is 4.15. The van der Waals surface area contributed by atoms with Crippen LogP contribution in [0.2, 0.25) is 5.02 Å². The number of halogens is 1. The lowest BCUT2D eigenvalue weighted by Crippen LogP contribution is -2.08. The molecular formula is C17H15ClN2S. The van der Waals surface area contributed by atoms with Crippen molar-refractivity contribution in [1.29, 1.82) is 0 Å². The zero-order valence-electron chi connectivity index (χ0n) is 11.7. The molecule has 0 bridgehead atoms. The van der Waals surface area contributed by atoms with Gasteiger partial charge in [0.05, 0.1) is 27.0 Å². The third kappa shape index (κ3) is 2.21. The van der Waals surface area contributed by atoms with Gasteiger partial charge in [0.15, 0.2) is 0 Å². The SMILES string of the molecule is Cc1ccc2c(c1)C(Nc1c(Cl)ccc3scnc13)CC2. The fourth-order valence-corrected chi connectivity index (χ4v) is 3.98. The highest BCUT2D eigenvalue weighted by molar-refractivity contribution is 7.16. The van der Waals surface area contributed by atoms with Gasteiger partial charge in [-0.05, 0) is 43.0 Å². The Morgan fingerprint density at radius 3 is 3.10 bits per heavy atom. The van der Waals surface area contributed by atoms with Gasteiger partial charge in [0.1, 0.15) is 5.52 Å². The smallest absolute Gasteiger partial charge is 0.106 e. The first-order valence-corrected chi connectivity index (χ1v) is 8.36. The minimum atomic E-state index is 0.324. The number of aromatic nitrogens is 1. The van der Waals surface area contributed by atoms with Crippen LogP contribution >= 0.6 is 22.9 Å². The lowest BCUT2D eigenvalue weighted by molar-refractivity contribution is 0.762. The zero-order chi connectivity index (χ0) is 14.4. The number of hydrogen-bond donors (Lipinski definition) is 1. The maximum Gasteiger partial charge on any atom is 0.106 e. The van der Waals surface area contributed by atoms with Crippen LogP contribution in [0.5, 0.6) is 0 Å². The molecule has 21 heavy (non-hydrogen) atoms. The van der Waals surface area contributed by atoms with Crippen molar-refractivity contribution in [3.63, 3.8) is 0 Å². The van der Waals surface area contributed by atoms with E-state index in [1.54, 1.807) is 11.3 Å². The summed E-state index contributed by atoms with van der Waals surface area (Å²) in [4.78, 5) is 4.47.